The number of carbonyl (C=O) groups excluding carboxylic acids is 1. The van der Waals surface area contributed by atoms with Crippen molar-refractivity contribution in [2.45, 2.75) is 55.3 Å². The molecular weight excluding hydrogens is 422 g/mol. The summed E-state index contributed by atoms with van der Waals surface area (Å²) in [7, 11) is 0. The molecule has 4 aliphatic rings. The highest BCUT2D eigenvalue weighted by Gasteiger charge is 2.47. The fourth-order valence-electron chi connectivity index (χ4n) is 5.01. The average Bonchev–Trinajstić information content (AvgIpc) is 3.12. The molecule has 1 aliphatic carbocycles. The van der Waals surface area contributed by atoms with E-state index < -0.39 is 0 Å². The third kappa shape index (κ3) is 3.61. The van der Waals surface area contributed by atoms with Crippen LogP contribution in [-0.2, 0) is 22.4 Å². The molecule has 30 heavy (non-hydrogen) atoms. The Kier molecular flexibility index (Phi) is 6.58. The van der Waals surface area contributed by atoms with Crippen molar-refractivity contribution in [3.05, 3.63) is 16.7 Å². The molecule has 0 saturated carbocycles. The first-order valence-electron chi connectivity index (χ1n) is 10.9. The van der Waals surface area contributed by atoms with Gasteiger partial charge in [-0.2, -0.15) is 0 Å². The van der Waals surface area contributed by atoms with E-state index in [1.54, 1.807) is 11.8 Å². The Bertz CT molecular complexity index is 858. The van der Waals surface area contributed by atoms with Gasteiger partial charge in [-0.3, -0.25) is 14.7 Å². The van der Waals surface area contributed by atoms with Crippen molar-refractivity contribution in [1.82, 2.24) is 9.88 Å². The molecular formula is C21H30ClN5O2S. The summed E-state index contributed by atoms with van der Waals surface area (Å²) in [6.07, 6.45) is 5.49. The van der Waals surface area contributed by atoms with E-state index in [0.717, 1.165) is 68.8 Å². The fourth-order valence-corrected chi connectivity index (χ4v) is 6.32. The van der Waals surface area contributed by atoms with Crippen LogP contribution in [0.4, 0.5) is 5.82 Å². The Balaban J connectivity index is 0.00000218. The van der Waals surface area contributed by atoms with E-state index in [0.29, 0.717) is 6.54 Å². The number of hydrogen-bond acceptors (Lipinski definition) is 6. The molecule has 3 N–H and O–H groups in total. The van der Waals surface area contributed by atoms with E-state index in [2.05, 4.69) is 10.6 Å². The van der Waals surface area contributed by atoms with Crippen molar-refractivity contribution in [2.75, 3.05) is 44.3 Å². The molecule has 1 aromatic rings. The van der Waals surface area contributed by atoms with Gasteiger partial charge in [0.25, 0.3) is 0 Å². The van der Waals surface area contributed by atoms with E-state index in [4.69, 9.17) is 14.7 Å². The number of quaternary nitrogens is 1. The van der Waals surface area contributed by atoms with Crippen LogP contribution in [0.1, 0.15) is 48.9 Å². The number of ether oxygens (including phenoxy) is 1. The number of aliphatic imine (C=N–C) groups is 1. The number of morpholine rings is 1. The van der Waals surface area contributed by atoms with Gasteiger partial charge >= 0.3 is 0 Å². The van der Waals surface area contributed by atoms with Crippen LogP contribution in [-0.4, -0.2) is 66.3 Å². The number of amidine groups is 1. The summed E-state index contributed by atoms with van der Waals surface area (Å²) < 4.78 is 5.56. The summed E-state index contributed by atoms with van der Waals surface area (Å²) in [6.45, 7) is 6.82. The fraction of sp³-hybridized carbons (Fsp3) is 0.667. The molecule has 3 aliphatic heterocycles. The monoisotopic (exact) mass is 451 g/mol. The lowest BCUT2D eigenvalue weighted by Gasteiger charge is -2.34. The van der Waals surface area contributed by atoms with Crippen LogP contribution in [0.15, 0.2) is 10.0 Å². The second-order valence-electron chi connectivity index (χ2n) is 8.27. The van der Waals surface area contributed by atoms with Crippen LogP contribution >= 0.6 is 11.8 Å². The summed E-state index contributed by atoms with van der Waals surface area (Å²) in [4.78, 5) is 27.7. The van der Waals surface area contributed by atoms with Crippen molar-refractivity contribution in [2.24, 2.45) is 4.99 Å². The average molecular weight is 452 g/mol. The van der Waals surface area contributed by atoms with Gasteiger partial charge in [-0.15, -0.1) is 0 Å². The number of nitrogens with zero attached hydrogens (tertiary/aromatic N) is 4. The largest absolute Gasteiger partial charge is 1.00 e. The van der Waals surface area contributed by atoms with Crippen molar-refractivity contribution in [1.29, 1.82) is 0 Å². The first-order chi connectivity index (χ1) is 14.2. The normalized spacial score (nSPS) is 25.3. The zero-order valence-electron chi connectivity index (χ0n) is 17.5. The minimum atomic E-state index is -0.169. The molecule has 9 heteroatoms. The minimum absolute atomic E-state index is 0. The SMILES string of the molecule is CC1=NC2c3c(nc(N4CCOCC4)c4c3CCCC4)SC2C(=O)N1CCC[NH3+].[Cl-]. The van der Waals surface area contributed by atoms with Gasteiger partial charge in [0.05, 0.1) is 19.8 Å². The lowest BCUT2D eigenvalue weighted by molar-refractivity contribution is -0.368. The molecule has 7 nitrogen and oxygen atoms in total. The molecule has 2 atom stereocenters. The van der Waals surface area contributed by atoms with Gasteiger partial charge in [-0.1, -0.05) is 11.8 Å². The molecule has 164 valence electrons. The topological polar surface area (TPSA) is 85.7 Å². The molecule has 1 saturated heterocycles. The van der Waals surface area contributed by atoms with E-state index >= 15 is 0 Å². The van der Waals surface area contributed by atoms with E-state index in [1.807, 2.05) is 11.8 Å². The Morgan fingerprint density at radius 2 is 1.93 bits per heavy atom. The number of halogens is 1. The summed E-state index contributed by atoms with van der Waals surface area (Å²) >= 11 is 1.64. The van der Waals surface area contributed by atoms with E-state index in [-0.39, 0.29) is 29.6 Å². The number of carbonyl (C=O) groups is 1. The molecule has 2 unspecified atom stereocenters. The summed E-state index contributed by atoms with van der Waals surface area (Å²) in [6, 6.07) is -0.0726. The van der Waals surface area contributed by atoms with Crippen LogP contribution < -0.4 is 23.0 Å². The number of thioether (sulfide) groups is 1. The molecule has 1 aromatic heterocycles. The number of anilines is 1. The number of hydrogen-bond donors (Lipinski definition) is 1. The van der Waals surface area contributed by atoms with Gasteiger partial charge in [0.1, 0.15) is 28.0 Å². The number of aromatic nitrogens is 1. The van der Waals surface area contributed by atoms with Crippen LogP contribution in [0, 0.1) is 0 Å². The van der Waals surface area contributed by atoms with E-state index in [1.165, 1.54) is 29.5 Å². The molecule has 5 rings (SSSR count). The summed E-state index contributed by atoms with van der Waals surface area (Å²) in [5.74, 6) is 2.17. The molecule has 1 fully saturated rings. The predicted octanol–water partition coefficient (Wildman–Crippen LogP) is -1.79. The first-order valence-corrected chi connectivity index (χ1v) is 11.8. The number of amides is 1. The van der Waals surface area contributed by atoms with Crippen LogP contribution in [0.2, 0.25) is 0 Å². The lowest BCUT2D eigenvalue weighted by Crippen LogP contribution is -3.00. The van der Waals surface area contributed by atoms with Gasteiger partial charge in [-0.05, 0) is 43.7 Å². The second kappa shape index (κ2) is 9.02. The smallest absolute Gasteiger partial charge is 0.243 e. The second-order valence-corrected chi connectivity index (χ2v) is 9.40. The van der Waals surface area contributed by atoms with Gasteiger partial charge in [-0.25, -0.2) is 4.98 Å². The van der Waals surface area contributed by atoms with Gasteiger partial charge < -0.3 is 27.8 Å². The maximum atomic E-state index is 13.3. The molecule has 0 aromatic carbocycles. The Hall–Kier alpha value is -1.35. The molecule has 4 heterocycles. The number of rotatable bonds is 4. The van der Waals surface area contributed by atoms with Crippen LogP contribution in [0.3, 0.4) is 0 Å². The highest BCUT2D eigenvalue weighted by Crippen LogP contribution is 2.52. The minimum Gasteiger partial charge on any atom is -1.00 e. The van der Waals surface area contributed by atoms with Crippen molar-refractivity contribution in [3.63, 3.8) is 0 Å². The third-order valence-corrected chi connectivity index (χ3v) is 7.74. The van der Waals surface area contributed by atoms with Gasteiger partial charge in [0, 0.05) is 31.6 Å². The Morgan fingerprint density at radius 1 is 1.20 bits per heavy atom. The van der Waals surface area contributed by atoms with Crippen LogP contribution in [0.25, 0.3) is 0 Å². The lowest BCUT2D eigenvalue weighted by atomic mass is 9.85. The summed E-state index contributed by atoms with van der Waals surface area (Å²) in [5.41, 5.74) is 7.99. The zero-order chi connectivity index (χ0) is 20.0. The van der Waals surface area contributed by atoms with Gasteiger partial charge in [0.15, 0.2) is 0 Å². The highest BCUT2D eigenvalue weighted by molar-refractivity contribution is 8.01. The maximum Gasteiger partial charge on any atom is 0.243 e. The van der Waals surface area contributed by atoms with Gasteiger partial charge in [0.2, 0.25) is 5.91 Å². The molecule has 0 radical (unpaired) electrons. The number of fused-ring (bicyclic) bond motifs is 5. The Labute approximate surface area is 188 Å². The molecule has 1 amide bonds. The zero-order valence-corrected chi connectivity index (χ0v) is 19.1. The standard InChI is InChI=1S/C21H29N5O2S.ClH/c1-13-23-17-16-14-5-2-3-6-15(14)19(25-9-11-28-12-10-25)24-20(16)29-18(17)21(27)26(13)8-4-7-22;/h17-18H,2-12,22H2,1H3;1H. The van der Waals surface area contributed by atoms with Crippen molar-refractivity contribution < 1.29 is 27.7 Å². The predicted molar refractivity (Wildman–Crippen MR) is 113 cm³/mol. The van der Waals surface area contributed by atoms with Crippen LogP contribution in [0.5, 0.6) is 0 Å². The van der Waals surface area contributed by atoms with E-state index in [9.17, 15) is 4.79 Å². The molecule has 0 spiro atoms. The van der Waals surface area contributed by atoms with Crippen molar-refractivity contribution in [3.8, 4) is 0 Å². The quantitative estimate of drug-likeness (QED) is 0.584. The number of pyridine rings is 1. The first kappa shape index (κ1) is 21.9. The van der Waals surface area contributed by atoms with Crippen molar-refractivity contribution >= 4 is 29.3 Å². The molecule has 0 bridgehead atoms. The maximum absolute atomic E-state index is 13.3. The Morgan fingerprint density at radius 3 is 2.67 bits per heavy atom. The third-order valence-electron chi connectivity index (χ3n) is 6.49. The highest BCUT2D eigenvalue weighted by atomic mass is 35.5. The summed E-state index contributed by atoms with van der Waals surface area (Å²) in [5, 5.41) is 0.864.